The number of hydrogen-bond donors (Lipinski definition) is 1. The summed E-state index contributed by atoms with van der Waals surface area (Å²) in [5, 5.41) is 0. The van der Waals surface area contributed by atoms with Crippen LogP contribution in [0.3, 0.4) is 0 Å². The molecule has 5 heteroatoms. The minimum absolute atomic E-state index is 0.681. The maximum Gasteiger partial charge on any atom is 0.120 e. The summed E-state index contributed by atoms with van der Waals surface area (Å²) in [5.74, 6) is 1.74. The number of benzene rings is 2. The Bertz CT molecular complexity index is 622. The van der Waals surface area contributed by atoms with Crippen LogP contribution in [-0.2, 0) is 0 Å². The van der Waals surface area contributed by atoms with Crippen LogP contribution in [0, 0.1) is 0 Å². The molecule has 2 aromatic rings. The van der Waals surface area contributed by atoms with Gasteiger partial charge in [-0.2, -0.15) is 0 Å². The minimum Gasteiger partial charge on any atom is -0.497 e. The summed E-state index contributed by atoms with van der Waals surface area (Å²) in [6.45, 7) is 1.58. The van der Waals surface area contributed by atoms with E-state index in [1.165, 1.54) is 21.2 Å². The van der Waals surface area contributed by atoms with Crippen LogP contribution in [-0.4, -0.2) is 27.3 Å². The van der Waals surface area contributed by atoms with Crippen LogP contribution >= 0.6 is 11.8 Å². The highest BCUT2D eigenvalue weighted by molar-refractivity contribution is 7.99. The van der Waals surface area contributed by atoms with Gasteiger partial charge in [0.25, 0.3) is 0 Å². The molecule has 0 saturated carbocycles. The maximum absolute atomic E-state index is 5.71. The van der Waals surface area contributed by atoms with Crippen molar-refractivity contribution in [2.45, 2.75) is 16.2 Å². The molecule has 0 amide bonds. The Morgan fingerprint density at radius 2 is 1.50 bits per heavy atom. The fraction of sp³-hybridized carbons (Fsp3) is 0.294. The van der Waals surface area contributed by atoms with Crippen LogP contribution in [0.4, 0.5) is 11.4 Å². The maximum atomic E-state index is 5.71. The van der Waals surface area contributed by atoms with Gasteiger partial charge in [-0.05, 0) is 49.4 Å². The number of fused-ring (bicyclic) bond motifs is 2. The Morgan fingerprint density at radius 1 is 0.955 bits per heavy atom. The molecule has 2 N–H and O–H groups in total. The zero-order chi connectivity index (χ0) is 15.5. The van der Waals surface area contributed by atoms with Gasteiger partial charge in [0.2, 0.25) is 0 Å². The number of hydrogen-bond acceptors (Lipinski definition) is 5. The van der Waals surface area contributed by atoms with Crippen LogP contribution in [0.1, 0.15) is 6.42 Å². The number of methoxy groups -OCH3 is 2. The van der Waals surface area contributed by atoms with Crippen molar-refractivity contribution in [3.05, 3.63) is 36.4 Å². The largest absolute Gasteiger partial charge is 0.497 e. The highest BCUT2D eigenvalue weighted by Crippen LogP contribution is 2.50. The second-order valence-corrected chi connectivity index (χ2v) is 6.15. The molecule has 0 saturated heterocycles. The van der Waals surface area contributed by atoms with Gasteiger partial charge in [-0.15, -0.1) is 0 Å². The van der Waals surface area contributed by atoms with Gasteiger partial charge in [-0.3, -0.25) is 0 Å². The van der Waals surface area contributed by atoms with Crippen molar-refractivity contribution in [3.8, 4) is 11.5 Å². The van der Waals surface area contributed by atoms with Crippen molar-refractivity contribution in [2.24, 2.45) is 5.73 Å². The molecular formula is C17H20N2O2S. The molecule has 116 valence electrons. The van der Waals surface area contributed by atoms with E-state index < -0.39 is 0 Å². The van der Waals surface area contributed by atoms with E-state index in [4.69, 9.17) is 15.2 Å². The van der Waals surface area contributed by atoms with Gasteiger partial charge in [0.1, 0.15) is 11.5 Å². The molecular weight excluding hydrogens is 296 g/mol. The standard InChI is InChI=1S/C17H20N2O2S/c1-20-12-4-6-14-16(10-12)22-17-11-13(21-2)5-7-15(17)19(14)9-3-8-18/h4-7,10-11H,3,8-9,18H2,1-2H3. The molecule has 0 bridgehead atoms. The molecule has 1 aliphatic rings. The molecule has 1 aliphatic heterocycles. The fourth-order valence-electron chi connectivity index (χ4n) is 2.59. The van der Waals surface area contributed by atoms with Gasteiger partial charge in [0, 0.05) is 16.3 Å². The van der Waals surface area contributed by atoms with E-state index in [0.29, 0.717) is 6.54 Å². The van der Waals surface area contributed by atoms with Gasteiger partial charge >= 0.3 is 0 Å². The normalized spacial score (nSPS) is 12.6. The first-order chi connectivity index (χ1) is 10.8. The average Bonchev–Trinajstić information content (AvgIpc) is 2.57. The van der Waals surface area contributed by atoms with Crippen molar-refractivity contribution >= 4 is 23.1 Å². The van der Waals surface area contributed by atoms with Crippen LogP contribution in [0.2, 0.25) is 0 Å². The highest BCUT2D eigenvalue weighted by atomic mass is 32.2. The minimum atomic E-state index is 0.681. The van der Waals surface area contributed by atoms with Crippen molar-refractivity contribution in [2.75, 3.05) is 32.2 Å². The Labute approximate surface area is 135 Å². The number of nitrogens with zero attached hydrogens (tertiary/aromatic N) is 1. The molecule has 0 atom stereocenters. The highest BCUT2D eigenvalue weighted by Gasteiger charge is 2.24. The molecule has 1 heterocycles. The monoisotopic (exact) mass is 316 g/mol. The van der Waals surface area contributed by atoms with Gasteiger partial charge in [0.15, 0.2) is 0 Å². The van der Waals surface area contributed by atoms with Crippen molar-refractivity contribution in [3.63, 3.8) is 0 Å². The van der Waals surface area contributed by atoms with Gasteiger partial charge in [0.05, 0.1) is 25.6 Å². The lowest BCUT2D eigenvalue weighted by Crippen LogP contribution is -2.23. The first-order valence-electron chi connectivity index (χ1n) is 7.28. The van der Waals surface area contributed by atoms with Gasteiger partial charge in [-0.1, -0.05) is 11.8 Å². The molecule has 0 spiro atoms. The molecule has 0 fully saturated rings. The van der Waals surface area contributed by atoms with E-state index in [0.717, 1.165) is 24.5 Å². The molecule has 0 aromatic heterocycles. The summed E-state index contributed by atoms with van der Waals surface area (Å²) in [7, 11) is 3.39. The Kier molecular flexibility index (Phi) is 4.45. The summed E-state index contributed by atoms with van der Waals surface area (Å²) in [5.41, 5.74) is 8.12. The molecule has 0 unspecified atom stereocenters. The second kappa shape index (κ2) is 6.50. The van der Waals surface area contributed by atoms with E-state index in [1.807, 2.05) is 12.1 Å². The molecule has 0 aliphatic carbocycles. The van der Waals surface area contributed by atoms with Gasteiger partial charge in [-0.25, -0.2) is 0 Å². The third-order valence-electron chi connectivity index (χ3n) is 3.72. The summed E-state index contributed by atoms with van der Waals surface area (Å²) in [6, 6.07) is 12.4. The lowest BCUT2D eigenvalue weighted by atomic mass is 10.2. The topological polar surface area (TPSA) is 47.7 Å². The first-order valence-corrected chi connectivity index (χ1v) is 8.10. The van der Waals surface area contributed by atoms with E-state index >= 15 is 0 Å². The molecule has 2 aromatic carbocycles. The zero-order valence-electron chi connectivity index (χ0n) is 12.8. The summed E-state index contributed by atoms with van der Waals surface area (Å²) in [6.07, 6.45) is 0.946. The smallest absolute Gasteiger partial charge is 0.120 e. The Hall–Kier alpha value is -1.85. The van der Waals surface area contributed by atoms with Crippen molar-refractivity contribution in [1.82, 2.24) is 0 Å². The number of rotatable bonds is 5. The number of nitrogens with two attached hydrogens (primary N) is 1. The van der Waals surface area contributed by atoms with Crippen LogP contribution in [0.15, 0.2) is 46.2 Å². The molecule has 4 nitrogen and oxygen atoms in total. The SMILES string of the molecule is COc1ccc2c(c1)Sc1cc(OC)ccc1N2CCCN. The van der Waals surface area contributed by atoms with Crippen molar-refractivity contribution < 1.29 is 9.47 Å². The second-order valence-electron chi connectivity index (χ2n) is 5.06. The molecule has 0 radical (unpaired) electrons. The van der Waals surface area contributed by atoms with E-state index in [-0.39, 0.29) is 0 Å². The first kappa shape index (κ1) is 15.1. The third kappa shape index (κ3) is 2.74. The zero-order valence-corrected chi connectivity index (χ0v) is 13.7. The predicted molar refractivity (Wildman–Crippen MR) is 90.8 cm³/mol. The summed E-state index contributed by atoms with van der Waals surface area (Å²) in [4.78, 5) is 4.71. The number of anilines is 2. The summed E-state index contributed by atoms with van der Waals surface area (Å²) < 4.78 is 10.7. The third-order valence-corrected chi connectivity index (χ3v) is 4.82. The van der Waals surface area contributed by atoms with Gasteiger partial charge < -0.3 is 20.1 Å². The van der Waals surface area contributed by atoms with Crippen LogP contribution in [0.5, 0.6) is 11.5 Å². The van der Waals surface area contributed by atoms with E-state index in [9.17, 15) is 0 Å². The fourth-order valence-corrected chi connectivity index (χ4v) is 3.74. The van der Waals surface area contributed by atoms with E-state index in [1.54, 1.807) is 26.0 Å². The molecule has 22 heavy (non-hydrogen) atoms. The van der Waals surface area contributed by atoms with E-state index in [2.05, 4.69) is 29.2 Å². The predicted octanol–water partition coefficient (Wildman–Crippen LogP) is 3.66. The molecule has 3 rings (SSSR count). The average molecular weight is 316 g/mol. The van der Waals surface area contributed by atoms with Crippen molar-refractivity contribution in [1.29, 1.82) is 0 Å². The Morgan fingerprint density at radius 3 is 1.95 bits per heavy atom. The Balaban J connectivity index is 2.06. The van der Waals surface area contributed by atoms with Crippen LogP contribution < -0.4 is 20.1 Å². The summed E-state index contributed by atoms with van der Waals surface area (Å²) >= 11 is 1.75. The number of ether oxygens (including phenoxy) is 2. The van der Waals surface area contributed by atoms with Crippen LogP contribution in [0.25, 0.3) is 0 Å². The lowest BCUT2D eigenvalue weighted by Gasteiger charge is -2.33. The quantitative estimate of drug-likeness (QED) is 0.912. The lowest BCUT2D eigenvalue weighted by molar-refractivity contribution is 0.413.